The van der Waals surface area contributed by atoms with Crippen LogP contribution in [0.2, 0.25) is 0 Å². The standard InChI is InChI=1S/C13H18ClNO2S/c1-4-15(10-11(2)3)18(16,17)13-8-6-5-7-12(13)9-14/h5-8H,2,4,9-10H2,1,3H3. The molecule has 100 valence electrons. The fourth-order valence-corrected chi connectivity index (χ4v) is 3.72. The molecular formula is C13H18ClNO2S. The molecule has 3 nitrogen and oxygen atoms in total. The quantitative estimate of drug-likeness (QED) is 0.596. The van der Waals surface area contributed by atoms with E-state index in [1.54, 1.807) is 24.3 Å². The first-order valence-corrected chi connectivity index (χ1v) is 7.69. The highest BCUT2D eigenvalue weighted by Crippen LogP contribution is 2.22. The van der Waals surface area contributed by atoms with Gasteiger partial charge in [0.1, 0.15) is 0 Å². The lowest BCUT2D eigenvalue weighted by atomic mass is 10.2. The molecule has 0 atom stereocenters. The van der Waals surface area contributed by atoms with Gasteiger partial charge in [-0.2, -0.15) is 4.31 Å². The van der Waals surface area contributed by atoms with Crippen molar-refractivity contribution in [3.8, 4) is 0 Å². The number of alkyl halides is 1. The van der Waals surface area contributed by atoms with Gasteiger partial charge >= 0.3 is 0 Å². The minimum Gasteiger partial charge on any atom is -0.207 e. The Balaban J connectivity index is 3.22. The normalized spacial score (nSPS) is 11.8. The van der Waals surface area contributed by atoms with Crippen LogP contribution in [-0.2, 0) is 15.9 Å². The monoisotopic (exact) mass is 287 g/mol. The Hall–Kier alpha value is -0.840. The Morgan fingerprint density at radius 2 is 2.00 bits per heavy atom. The summed E-state index contributed by atoms with van der Waals surface area (Å²) in [6.07, 6.45) is 0. The number of sulfonamides is 1. The largest absolute Gasteiger partial charge is 0.243 e. The van der Waals surface area contributed by atoms with Crippen molar-refractivity contribution >= 4 is 21.6 Å². The number of benzene rings is 1. The third-order valence-corrected chi connectivity index (χ3v) is 4.84. The first kappa shape index (κ1) is 15.2. The van der Waals surface area contributed by atoms with E-state index in [9.17, 15) is 8.42 Å². The third-order valence-electron chi connectivity index (χ3n) is 2.53. The first-order valence-electron chi connectivity index (χ1n) is 5.71. The van der Waals surface area contributed by atoms with E-state index >= 15 is 0 Å². The van der Waals surface area contributed by atoms with Crippen LogP contribution in [0.1, 0.15) is 19.4 Å². The molecular weight excluding hydrogens is 270 g/mol. The van der Waals surface area contributed by atoms with Crippen molar-refractivity contribution in [3.63, 3.8) is 0 Å². The molecule has 1 aromatic carbocycles. The number of hydrogen-bond donors (Lipinski definition) is 0. The molecule has 0 saturated heterocycles. The summed E-state index contributed by atoms with van der Waals surface area (Å²) >= 11 is 5.79. The lowest BCUT2D eigenvalue weighted by Crippen LogP contribution is -2.32. The van der Waals surface area contributed by atoms with Crippen LogP contribution in [0.4, 0.5) is 0 Å². The summed E-state index contributed by atoms with van der Waals surface area (Å²) in [5.41, 5.74) is 1.43. The zero-order chi connectivity index (χ0) is 13.8. The summed E-state index contributed by atoms with van der Waals surface area (Å²) in [5, 5.41) is 0. The van der Waals surface area contributed by atoms with Crippen molar-refractivity contribution in [1.82, 2.24) is 4.31 Å². The molecule has 0 N–H and O–H groups in total. The maximum atomic E-state index is 12.5. The van der Waals surface area contributed by atoms with Gasteiger partial charge in [0.15, 0.2) is 0 Å². The van der Waals surface area contributed by atoms with Crippen molar-refractivity contribution in [3.05, 3.63) is 42.0 Å². The lowest BCUT2D eigenvalue weighted by Gasteiger charge is -2.21. The summed E-state index contributed by atoms with van der Waals surface area (Å²) in [6, 6.07) is 6.81. The number of nitrogens with zero attached hydrogens (tertiary/aromatic N) is 1. The van der Waals surface area contributed by atoms with Crippen LogP contribution in [-0.4, -0.2) is 25.8 Å². The molecule has 0 aromatic heterocycles. The van der Waals surface area contributed by atoms with Crippen LogP contribution >= 0.6 is 11.6 Å². The molecule has 0 radical (unpaired) electrons. The third kappa shape index (κ3) is 3.34. The van der Waals surface area contributed by atoms with Gasteiger partial charge < -0.3 is 0 Å². The maximum absolute atomic E-state index is 12.5. The summed E-state index contributed by atoms with van der Waals surface area (Å²) in [4.78, 5) is 0.281. The van der Waals surface area contributed by atoms with Gasteiger partial charge in [-0.1, -0.05) is 37.3 Å². The second-order valence-corrected chi connectivity index (χ2v) is 6.30. The molecule has 1 aromatic rings. The van der Waals surface area contributed by atoms with E-state index < -0.39 is 10.0 Å². The molecule has 18 heavy (non-hydrogen) atoms. The van der Waals surface area contributed by atoms with Crippen LogP contribution in [0.25, 0.3) is 0 Å². The Morgan fingerprint density at radius 3 is 2.50 bits per heavy atom. The van der Waals surface area contributed by atoms with E-state index in [0.717, 1.165) is 5.57 Å². The summed E-state index contributed by atoms with van der Waals surface area (Å²) in [7, 11) is -3.50. The first-order chi connectivity index (χ1) is 8.43. The predicted molar refractivity (Wildman–Crippen MR) is 75.2 cm³/mol. The Kier molecular flexibility index (Phi) is 5.38. The molecule has 0 aliphatic heterocycles. The highest BCUT2D eigenvalue weighted by molar-refractivity contribution is 7.89. The van der Waals surface area contributed by atoms with Crippen LogP contribution in [0, 0.1) is 0 Å². The van der Waals surface area contributed by atoms with Gasteiger partial charge in [0.2, 0.25) is 10.0 Å². The van der Waals surface area contributed by atoms with E-state index in [-0.39, 0.29) is 10.8 Å². The van der Waals surface area contributed by atoms with Gasteiger partial charge in [-0.15, -0.1) is 11.6 Å². The Labute approximate surface area is 114 Å². The van der Waals surface area contributed by atoms with Crippen molar-refractivity contribution in [2.75, 3.05) is 13.1 Å². The van der Waals surface area contributed by atoms with Gasteiger partial charge in [0, 0.05) is 19.0 Å². The average molecular weight is 288 g/mol. The number of halogens is 1. The van der Waals surface area contributed by atoms with Crippen molar-refractivity contribution < 1.29 is 8.42 Å². The molecule has 0 spiro atoms. The molecule has 0 aliphatic carbocycles. The average Bonchev–Trinajstić information content (AvgIpc) is 2.35. The molecule has 0 bridgehead atoms. The van der Waals surface area contributed by atoms with Gasteiger partial charge in [0.25, 0.3) is 0 Å². The van der Waals surface area contributed by atoms with Gasteiger partial charge in [0.05, 0.1) is 4.90 Å². The van der Waals surface area contributed by atoms with Crippen LogP contribution in [0.5, 0.6) is 0 Å². The van der Waals surface area contributed by atoms with Crippen molar-refractivity contribution in [2.45, 2.75) is 24.6 Å². The Morgan fingerprint density at radius 1 is 1.39 bits per heavy atom. The summed E-state index contributed by atoms with van der Waals surface area (Å²) in [5.74, 6) is 0.181. The second-order valence-electron chi connectivity index (χ2n) is 4.13. The second kappa shape index (κ2) is 6.36. The molecule has 0 unspecified atom stereocenters. The fourth-order valence-electron chi connectivity index (χ4n) is 1.67. The van der Waals surface area contributed by atoms with Gasteiger partial charge in [-0.05, 0) is 18.6 Å². The molecule has 0 fully saturated rings. The summed E-state index contributed by atoms with van der Waals surface area (Å²) < 4.78 is 26.4. The Bertz CT molecular complexity index is 526. The number of rotatable bonds is 6. The zero-order valence-corrected chi connectivity index (χ0v) is 12.3. The molecule has 1 rings (SSSR count). The minimum absolute atomic E-state index is 0.181. The van der Waals surface area contributed by atoms with Crippen LogP contribution < -0.4 is 0 Å². The van der Waals surface area contributed by atoms with E-state index in [4.69, 9.17) is 11.6 Å². The van der Waals surface area contributed by atoms with E-state index in [1.807, 2.05) is 13.8 Å². The van der Waals surface area contributed by atoms with Crippen molar-refractivity contribution in [1.29, 1.82) is 0 Å². The van der Waals surface area contributed by atoms with Gasteiger partial charge in [-0.25, -0.2) is 8.42 Å². The molecule has 0 heterocycles. The molecule has 0 amide bonds. The number of likely N-dealkylation sites (N-methyl/N-ethyl adjacent to an activating group) is 1. The number of hydrogen-bond acceptors (Lipinski definition) is 2. The maximum Gasteiger partial charge on any atom is 0.243 e. The van der Waals surface area contributed by atoms with Crippen molar-refractivity contribution in [2.24, 2.45) is 0 Å². The molecule has 0 saturated carbocycles. The van der Waals surface area contributed by atoms with E-state index in [2.05, 4.69) is 6.58 Å². The van der Waals surface area contributed by atoms with E-state index in [1.165, 1.54) is 4.31 Å². The zero-order valence-electron chi connectivity index (χ0n) is 10.7. The molecule has 5 heteroatoms. The predicted octanol–water partition coefficient (Wildman–Crippen LogP) is 3.01. The highest BCUT2D eigenvalue weighted by Gasteiger charge is 2.24. The minimum atomic E-state index is -3.50. The smallest absolute Gasteiger partial charge is 0.207 e. The van der Waals surface area contributed by atoms with E-state index in [0.29, 0.717) is 18.7 Å². The lowest BCUT2D eigenvalue weighted by molar-refractivity contribution is 0.452. The van der Waals surface area contributed by atoms with Gasteiger partial charge in [-0.3, -0.25) is 0 Å². The van der Waals surface area contributed by atoms with Crippen LogP contribution in [0.3, 0.4) is 0 Å². The fraction of sp³-hybridized carbons (Fsp3) is 0.385. The highest BCUT2D eigenvalue weighted by atomic mass is 35.5. The SMILES string of the molecule is C=C(C)CN(CC)S(=O)(=O)c1ccccc1CCl. The summed E-state index contributed by atoms with van der Waals surface area (Å²) in [6.45, 7) is 8.12. The van der Waals surface area contributed by atoms with Crippen LogP contribution in [0.15, 0.2) is 41.3 Å². The topological polar surface area (TPSA) is 37.4 Å². The molecule has 0 aliphatic rings.